The van der Waals surface area contributed by atoms with Crippen LogP contribution in [0.2, 0.25) is 0 Å². The number of hydrogen-bond acceptors (Lipinski definition) is 4. The molecule has 0 saturated heterocycles. The number of ketones is 1. The number of carbonyl (C=O) groups is 2. The number of amides is 1. The van der Waals surface area contributed by atoms with Gasteiger partial charge in [-0.1, -0.05) is 32.9 Å². The van der Waals surface area contributed by atoms with Gasteiger partial charge in [-0.05, 0) is 42.5 Å². The lowest BCUT2D eigenvalue weighted by molar-refractivity contribution is -0.115. The van der Waals surface area contributed by atoms with Crippen LogP contribution in [0.5, 0.6) is 11.5 Å². The lowest BCUT2D eigenvalue weighted by atomic mass is 9.83. The number of benzene rings is 2. The van der Waals surface area contributed by atoms with Crippen LogP contribution in [0.15, 0.2) is 30.3 Å². The predicted octanol–water partition coefficient (Wildman–Crippen LogP) is 4.75. The summed E-state index contributed by atoms with van der Waals surface area (Å²) in [6.45, 7) is 6.93. The Kier molecular flexibility index (Phi) is 6.34. The monoisotopic (exact) mass is 381 g/mol. The van der Waals surface area contributed by atoms with E-state index in [4.69, 9.17) is 9.47 Å². The molecule has 1 aliphatic rings. The second-order valence-electron chi connectivity index (χ2n) is 6.90. The Bertz CT molecular complexity index is 888. The molecule has 3 rings (SSSR count). The van der Waals surface area contributed by atoms with Gasteiger partial charge in [0.2, 0.25) is 11.7 Å². The largest absolute Gasteiger partial charge is 0.493 e. The third-order valence-electron chi connectivity index (χ3n) is 4.66. The van der Waals surface area contributed by atoms with Gasteiger partial charge in [0.05, 0.1) is 24.3 Å². The maximum Gasteiger partial charge on any atom is 0.224 e. The van der Waals surface area contributed by atoms with Crippen LogP contribution in [0.3, 0.4) is 0 Å². The minimum Gasteiger partial charge on any atom is -0.493 e. The number of rotatable bonds is 8. The Labute approximate surface area is 166 Å². The van der Waals surface area contributed by atoms with Gasteiger partial charge in [-0.25, -0.2) is 0 Å². The fraction of sp³-hybridized carbons (Fsp3) is 0.391. The summed E-state index contributed by atoms with van der Waals surface area (Å²) in [5, 5.41) is 2.88. The van der Waals surface area contributed by atoms with Crippen LogP contribution < -0.4 is 14.8 Å². The van der Waals surface area contributed by atoms with E-state index < -0.39 is 0 Å². The maximum atomic E-state index is 13.4. The van der Waals surface area contributed by atoms with Gasteiger partial charge in [0.1, 0.15) is 11.5 Å². The molecule has 0 spiro atoms. The zero-order chi connectivity index (χ0) is 20.1. The van der Waals surface area contributed by atoms with Crippen molar-refractivity contribution in [3.05, 3.63) is 52.6 Å². The summed E-state index contributed by atoms with van der Waals surface area (Å²) < 4.78 is 11.7. The van der Waals surface area contributed by atoms with E-state index in [0.29, 0.717) is 54.4 Å². The molecule has 0 atom stereocenters. The Morgan fingerprint density at radius 3 is 2.32 bits per heavy atom. The molecule has 0 aliphatic heterocycles. The van der Waals surface area contributed by atoms with Crippen LogP contribution in [0, 0.1) is 0 Å². The standard InChI is InChI=1S/C23H27NO4/c1-4-10-27-18-9-7-8-15-12-16-13-17(24-20(25)6-3)14-19(28-11-5-2)22(16)23(26)21(15)18/h7-9,13-14H,4-6,10-12H2,1-3H3,(H,24,25). The molecular formula is C23H27NO4. The number of nitrogens with one attached hydrogen (secondary N) is 1. The molecule has 0 bridgehead atoms. The van der Waals surface area contributed by atoms with E-state index in [9.17, 15) is 9.59 Å². The summed E-state index contributed by atoms with van der Waals surface area (Å²) in [7, 11) is 0. The Morgan fingerprint density at radius 1 is 0.964 bits per heavy atom. The molecule has 0 heterocycles. The lowest BCUT2D eigenvalue weighted by Gasteiger charge is -2.24. The van der Waals surface area contributed by atoms with E-state index in [0.717, 1.165) is 24.0 Å². The van der Waals surface area contributed by atoms with E-state index >= 15 is 0 Å². The second-order valence-corrected chi connectivity index (χ2v) is 6.90. The Balaban J connectivity index is 2.06. The van der Waals surface area contributed by atoms with Crippen molar-refractivity contribution in [1.29, 1.82) is 0 Å². The van der Waals surface area contributed by atoms with E-state index in [-0.39, 0.29) is 11.7 Å². The first-order valence-electron chi connectivity index (χ1n) is 9.97. The molecule has 28 heavy (non-hydrogen) atoms. The molecule has 0 fully saturated rings. The average Bonchev–Trinajstić information content (AvgIpc) is 2.69. The smallest absolute Gasteiger partial charge is 0.224 e. The molecule has 0 unspecified atom stereocenters. The average molecular weight is 381 g/mol. The first kappa shape index (κ1) is 19.9. The van der Waals surface area contributed by atoms with E-state index in [1.165, 1.54) is 0 Å². The quantitative estimate of drug-likeness (QED) is 0.612. The molecule has 0 radical (unpaired) electrons. The van der Waals surface area contributed by atoms with Crippen molar-refractivity contribution in [1.82, 2.24) is 0 Å². The normalized spacial score (nSPS) is 12.2. The van der Waals surface area contributed by atoms with Crippen LogP contribution in [0.1, 0.15) is 67.1 Å². The number of ether oxygens (including phenoxy) is 2. The third kappa shape index (κ3) is 4.03. The molecule has 148 valence electrons. The SMILES string of the molecule is CCCOc1cccc2c1C(=O)c1c(cc(NC(=O)CC)cc1OCCC)C2. The topological polar surface area (TPSA) is 64.6 Å². The van der Waals surface area contributed by atoms with Gasteiger partial charge >= 0.3 is 0 Å². The molecule has 0 aromatic heterocycles. The van der Waals surface area contributed by atoms with Crippen LogP contribution >= 0.6 is 0 Å². The van der Waals surface area contributed by atoms with Crippen molar-refractivity contribution in [3.63, 3.8) is 0 Å². The first-order chi connectivity index (χ1) is 13.6. The molecule has 5 nitrogen and oxygen atoms in total. The zero-order valence-electron chi connectivity index (χ0n) is 16.8. The summed E-state index contributed by atoms with van der Waals surface area (Å²) in [6.07, 6.45) is 2.69. The zero-order valence-corrected chi connectivity index (χ0v) is 16.8. The fourth-order valence-electron chi connectivity index (χ4n) is 3.36. The Hall–Kier alpha value is -2.82. The highest BCUT2D eigenvalue weighted by Gasteiger charge is 2.30. The van der Waals surface area contributed by atoms with Gasteiger partial charge in [-0.3, -0.25) is 9.59 Å². The van der Waals surface area contributed by atoms with Gasteiger partial charge < -0.3 is 14.8 Å². The van der Waals surface area contributed by atoms with Crippen molar-refractivity contribution in [2.45, 2.75) is 46.5 Å². The van der Waals surface area contributed by atoms with Gasteiger partial charge in [0.25, 0.3) is 0 Å². The minimum absolute atomic E-state index is 0.0702. The second kappa shape index (κ2) is 8.91. The number of hydrogen-bond donors (Lipinski definition) is 1. The van der Waals surface area contributed by atoms with E-state index in [2.05, 4.69) is 5.32 Å². The van der Waals surface area contributed by atoms with Gasteiger partial charge in [-0.15, -0.1) is 0 Å². The van der Waals surface area contributed by atoms with Crippen LogP contribution in [0.25, 0.3) is 0 Å². The first-order valence-corrected chi connectivity index (χ1v) is 9.97. The van der Waals surface area contributed by atoms with Crippen molar-refractivity contribution < 1.29 is 19.1 Å². The highest BCUT2D eigenvalue weighted by atomic mass is 16.5. The summed E-state index contributed by atoms with van der Waals surface area (Å²) in [6, 6.07) is 9.35. The third-order valence-corrected chi connectivity index (χ3v) is 4.66. The van der Waals surface area contributed by atoms with Crippen LogP contribution in [0.4, 0.5) is 5.69 Å². The summed E-state index contributed by atoms with van der Waals surface area (Å²) in [5.74, 6) is 0.994. The van der Waals surface area contributed by atoms with Crippen molar-refractivity contribution in [3.8, 4) is 11.5 Å². The number of fused-ring (bicyclic) bond motifs is 2. The molecule has 2 aromatic rings. The van der Waals surface area contributed by atoms with Gasteiger partial charge in [0, 0.05) is 18.2 Å². The fourth-order valence-corrected chi connectivity index (χ4v) is 3.36. The highest BCUT2D eigenvalue weighted by Crippen LogP contribution is 2.39. The maximum absolute atomic E-state index is 13.4. The van der Waals surface area contributed by atoms with Crippen LogP contribution in [-0.2, 0) is 11.2 Å². The van der Waals surface area contributed by atoms with Crippen molar-refractivity contribution in [2.75, 3.05) is 18.5 Å². The predicted molar refractivity (Wildman–Crippen MR) is 110 cm³/mol. The minimum atomic E-state index is -0.0811. The summed E-state index contributed by atoms with van der Waals surface area (Å²) >= 11 is 0. The number of anilines is 1. The molecule has 5 heteroatoms. The summed E-state index contributed by atoms with van der Waals surface area (Å²) in [5.41, 5.74) is 3.65. The molecule has 1 N–H and O–H groups in total. The van der Waals surface area contributed by atoms with E-state index in [1.54, 1.807) is 13.0 Å². The number of carbonyl (C=O) groups excluding carboxylic acids is 2. The molecule has 2 aromatic carbocycles. The van der Waals surface area contributed by atoms with Crippen LogP contribution in [-0.4, -0.2) is 24.9 Å². The van der Waals surface area contributed by atoms with Gasteiger partial charge in [-0.2, -0.15) is 0 Å². The summed E-state index contributed by atoms with van der Waals surface area (Å²) in [4.78, 5) is 25.3. The van der Waals surface area contributed by atoms with Gasteiger partial charge in [0.15, 0.2) is 0 Å². The molecule has 0 saturated carbocycles. The van der Waals surface area contributed by atoms with Crippen molar-refractivity contribution in [2.24, 2.45) is 0 Å². The molecule has 1 amide bonds. The molecular weight excluding hydrogens is 354 g/mol. The molecule has 1 aliphatic carbocycles. The van der Waals surface area contributed by atoms with Crippen molar-refractivity contribution >= 4 is 17.4 Å². The van der Waals surface area contributed by atoms with E-state index in [1.807, 2.05) is 38.1 Å². The highest BCUT2D eigenvalue weighted by molar-refractivity contribution is 6.16. The Morgan fingerprint density at radius 2 is 1.64 bits per heavy atom. The lowest BCUT2D eigenvalue weighted by Crippen LogP contribution is -2.19.